The first kappa shape index (κ1) is 26.5. The zero-order valence-electron chi connectivity index (χ0n) is 20.1. The van der Waals surface area contributed by atoms with Crippen molar-refractivity contribution in [3.8, 4) is 5.75 Å². The number of hydrogen-bond donors (Lipinski definition) is 5. The number of aryl methyl sites for hydroxylation is 1. The second kappa shape index (κ2) is 11.6. The topological polar surface area (TPSA) is 137 Å². The van der Waals surface area contributed by atoms with Gasteiger partial charge in [-0.3, -0.25) is 14.9 Å². The summed E-state index contributed by atoms with van der Waals surface area (Å²) >= 11 is 6.04. The summed E-state index contributed by atoms with van der Waals surface area (Å²) in [6, 6.07) is 10.7. The molecule has 10 nitrogen and oxygen atoms in total. The minimum atomic E-state index is -0.554. The number of anilines is 2. The summed E-state index contributed by atoms with van der Waals surface area (Å²) in [5.41, 5.74) is 2.74. The van der Waals surface area contributed by atoms with Gasteiger partial charge in [0.1, 0.15) is 11.4 Å². The number of H-pyrrole nitrogens is 2. The van der Waals surface area contributed by atoms with Gasteiger partial charge in [-0.2, -0.15) is 0 Å². The predicted octanol–water partition coefficient (Wildman–Crippen LogP) is 4.55. The van der Waals surface area contributed by atoms with Crippen molar-refractivity contribution in [3.63, 3.8) is 0 Å². The van der Waals surface area contributed by atoms with Crippen LogP contribution in [-0.4, -0.2) is 51.4 Å². The highest BCUT2D eigenvalue weighted by Crippen LogP contribution is 2.24. The van der Waals surface area contributed by atoms with Gasteiger partial charge in [0, 0.05) is 16.8 Å². The Balaban J connectivity index is 0.00000320. The molecule has 5 rings (SSSR count). The number of imidazole rings is 2. The van der Waals surface area contributed by atoms with Gasteiger partial charge in [0.2, 0.25) is 5.95 Å². The molecule has 0 unspecified atom stereocenters. The van der Waals surface area contributed by atoms with Crippen molar-refractivity contribution in [1.29, 1.82) is 0 Å². The molecule has 2 aromatic carbocycles. The van der Waals surface area contributed by atoms with Crippen molar-refractivity contribution in [3.05, 3.63) is 64.7 Å². The summed E-state index contributed by atoms with van der Waals surface area (Å²) in [6.07, 6.45) is 3.50. The monoisotopic (exact) mass is 543 g/mol. The number of rotatable bonds is 7. The number of amides is 2. The lowest BCUT2D eigenvalue weighted by molar-refractivity contribution is 0.0985. The number of nitrogens with zero attached hydrogens (tertiary/aromatic N) is 2. The first-order chi connectivity index (χ1) is 17.5. The summed E-state index contributed by atoms with van der Waals surface area (Å²) in [7, 11) is 0. The molecule has 1 fully saturated rings. The number of nitrogens with one attached hydrogen (secondary N) is 5. The van der Waals surface area contributed by atoms with Gasteiger partial charge in [-0.1, -0.05) is 17.7 Å². The number of piperidine rings is 1. The van der Waals surface area contributed by atoms with Crippen molar-refractivity contribution in [2.75, 3.05) is 30.3 Å². The van der Waals surface area contributed by atoms with Gasteiger partial charge in [-0.05, 0) is 68.6 Å². The number of hydrogen-bond acceptors (Lipinski definition) is 6. The fourth-order valence-electron chi connectivity index (χ4n) is 4.12. The Kier molecular flexibility index (Phi) is 8.32. The average Bonchev–Trinajstić information content (AvgIpc) is 3.52. The van der Waals surface area contributed by atoms with Crippen LogP contribution in [0.5, 0.6) is 5.75 Å². The Hall–Kier alpha value is -3.60. The van der Waals surface area contributed by atoms with Gasteiger partial charge in [-0.25, -0.2) is 9.97 Å². The van der Waals surface area contributed by atoms with E-state index in [2.05, 4.69) is 35.9 Å². The van der Waals surface area contributed by atoms with Crippen molar-refractivity contribution < 1.29 is 14.3 Å². The second-order valence-electron chi connectivity index (χ2n) is 8.76. The summed E-state index contributed by atoms with van der Waals surface area (Å²) in [5.74, 6) is 0.430. The van der Waals surface area contributed by atoms with Gasteiger partial charge >= 0.3 is 0 Å². The lowest BCUT2D eigenvalue weighted by Crippen LogP contribution is -2.30. The summed E-state index contributed by atoms with van der Waals surface area (Å²) in [6.45, 7) is 4.56. The van der Waals surface area contributed by atoms with Crippen molar-refractivity contribution >= 4 is 58.5 Å². The SMILES string of the molecule is Cc1ccc(Cl)cc1NC(=O)c1nc[nH]c1C(=O)Nc1nc2cc(OCC3CCNCC3)ccc2[nH]1.Cl. The largest absolute Gasteiger partial charge is 0.493 e. The Morgan fingerprint density at radius 3 is 2.73 bits per heavy atom. The number of halogens is 2. The van der Waals surface area contributed by atoms with E-state index in [1.807, 2.05) is 25.1 Å². The van der Waals surface area contributed by atoms with Crippen LogP contribution in [0.2, 0.25) is 5.02 Å². The van der Waals surface area contributed by atoms with Crippen molar-refractivity contribution in [2.24, 2.45) is 5.92 Å². The molecule has 0 radical (unpaired) electrons. The maximum Gasteiger partial charge on any atom is 0.276 e. The third-order valence-electron chi connectivity index (χ3n) is 6.16. The molecular weight excluding hydrogens is 517 g/mol. The van der Waals surface area contributed by atoms with E-state index in [9.17, 15) is 9.59 Å². The van der Waals surface area contributed by atoms with E-state index in [1.165, 1.54) is 6.33 Å². The molecule has 4 aromatic rings. The fraction of sp³-hybridized carbons (Fsp3) is 0.280. The highest BCUT2D eigenvalue weighted by molar-refractivity contribution is 6.31. The first-order valence-corrected chi connectivity index (χ1v) is 12.1. The van der Waals surface area contributed by atoms with Crippen LogP contribution in [0.4, 0.5) is 11.6 Å². The number of benzene rings is 2. The molecule has 2 aromatic heterocycles. The molecule has 0 spiro atoms. The van der Waals surface area contributed by atoms with Gasteiger partial charge in [0.15, 0.2) is 5.69 Å². The molecule has 0 aliphatic carbocycles. The molecule has 12 heteroatoms. The molecule has 194 valence electrons. The van der Waals surface area contributed by atoms with Gasteiger partial charge in [0.05, 0.1) is 24.0 Å². The third-order valence-corrected chi connectivity index (χ3v) is 6.40. The lowest BCUT2D eigenvalue weighted by atomic mass is 9.99. The van der Waals surface area contributed by atoms with Crippen LogP contribution in [0.3, 0.4) is 0 Å². The zero-order chi connectivity index (χ0) is 25.1. The molecule has 37 heavy (non-hydrogen) atoms. The molecule has 5 N–H and O–H groups in total. The van der Waals surface area contributed by atoms with E-state index in [0.29, 0.717) is 28.8 Å². The van der Waals surface area contributed by atoms with E-state index < -0.39 is 11.8 Å². The number of carbonyl (C=O) groups excluding carboxylic acids is 2. The molecule has 3 heterocycles. The van der Waals surface area contributed by atoms with E-state index >= 15 is 0 Å². The van der Waals surface area contributed by atoms with Crippen LogP contribution >= 0.6 is 24.0 Å². The van der Waals surface area contributed by atoms with Crippen LogP contribution in [0.25, 0.3) is 11.0 Å². The third kappa shape index (κ3) is 6.22. The first-order valence-electron chi connectivity index (χ1n) is 11.7. The van der Waals surface area contributed by atoms with E-state index in [0.717, 1.165) is 42.8 Å². The molecule has 0 saturated carbocycles. The lowest BCUT2D eigenvalue weighted by Gasteiger charge is -2.22. The zero-order valence-corrected chi connectivity index (χ0v) is 21.6. The van der Waals surface area contributed by atoms with Crippen LogP contribution in [-0.2, 0) is 0 Å². The highest BCUT2D eigenvalue weighted by Gasteiger charge is 2.22. The smallest absolute Gasteiger partial charge is 0.276 e. The fourth-order valence-corrected chi connectivity index (χ4v) is 4.29. The van der Waals surface area contributed by atoms with Crippen LogP contribution in [0.1, 0.15) is 39.4 Å². The average molecular weight is 544 g/mol. The van der Waals surface area contributed by atoms with Crippen molar-refractivity contribution in [2.45, 2.75) is 19.8 Å². The minimum Gasteiger partial charge on any atom is -0.493 e. The van der Waals surface area contributed by atoms with Gasteiger partial charge < -0.3 is 25.3 Å². The standard InChI is InChI=1S/C25H26ClN7O3.ClH/c1-14-2-3-16(26)10-19(14)30-23(34)21-22(29-13-28-21)24(35)33-25-31-18-5-4-17(11-20(18)32-25)36-12-15-6-8-27-9-7-15;/h2-5,10-11,13,15,27H,6-9,12H2,1H3,(H,28,29)(H,30,34)(H2,31,32,33,35);1H. The number of aromatic nitrogens is 4. The summed E-state index contributed by atoms with van der Waals surface area (Å²) in [4.78, 5) is 40.0. The quantitative estimate of drug-likeness (QED) is 0.232. The Labute approximate surface area is 224 Å². The highest BCUT2D eigenvalue weighted by atomic mass is 35.5. The predicted molar refractivity (Wildman–Crippen MR) is 145 cm³/mol. The van der Waals surface area contributed by atoms with E-state index in [-0.39, 0.29) is 29.7 Å². The molecule has 1 aliphatic heterocycles. The normalized spacial score (nSPS) is 13.7. The second-order valence-corrected chi connectivity index (χ2v) is 9.20. The molecule has 0 bridgehead atoms. The molecule has 1 saturated heterocycles. The van der Waals surface area contributed by atoms with Crippen LogP contribution in [0, 0.1) is 12.8 Å². The number of ether oxygens (including phenoxy) is 1. The maximum absolute atomic E-state index is 12.9. The molecule has 2 amide bonds. The molecule has 1 aliphatic rings. The minimum absolute atomic E-state index is 0. The molecular formula is C25H27Cl2N7O3. The number of carbonyl (C=O) groups is 2. The Morgan fingerprint density at radius 1 is 1.11 bits per heavy atom. The Morgan fingerprint density at radius 2 is 1.92 bits per heavy atom. The number of fused-ring (bicyclic) bond motifs is 1. The Bertz CT molecular complexity index is 1410. The van der Waals surface area contributed by atoms with E-state index in [1.54, 1.807) is 18.2 Å². The van der Waals surface area contributed by atoms with E-state index in [4.69, 9.17) is 16.3 Å². The number of aromatic amines is 2. The maximum atomic E-state index is 12.9. The van der Waals surface area contributed by atoms with Crippen LogP contribution in [0.15, 0.2) is 42.7 Å². The van der Waals surface area contributed by atoms with Gasteiger partial charge in [-0.15, -0.1) is 12.4 Å². The summed E-state index contributed by atoms with van der Waals surface area (Å²) < 4.78 is 5.97. The summed E-state index contributed by atoms with van der Waals surface area (Å²) in [5, 5.41) is 9.28. The van der Waals surface area contributed by atoms with Crippen molar-refractivity contribution in [1.82, 2.24) is 25.3 Å². The van der Waals surface area contributed by atoms with Gasteiger partial charge in [0.25, 0.3) is 11.8 Å². The molecule has 0 atom stereocenters. The van der Waals surface area contributed by atoms with Crippen LogP contribution < -0.4 is 20.7 Å².